The molecule has 1 aromatic heterocycles. The van der Waals surface area contributed by atoms with E-state index in [4.69, 9.17) is 22.1 Å². The van der Waals surface area contributed by atoms with Crippen LogP contribution in [0, 0.1) is 6.92 Å². The van der Waals surface area contributed by atoms with Gasteiger partial charge in [0.1, 0.15) is 11.5 Å². The molecule has 2 aromatic rings. The molecule has 17 heavy (non-hydrogen) atoms. The van der Waals surface area contributed by atoms with Gasteiger partial charge in [0.25, 0.3) is 0 Å². The molecule has 0 saturated heterocycles. The van der Waals surface area contributed by atoms with Gasteiger partial charge in [-0.25, -0.2) is 0 Å². The van der Waals surface area contributed by atoms with Gasteiger partial charge in [0.15, 0.2) is 0 Å². The molecule has 2 N–H and O–H groups in total. The third-order valence-electron chi connectivity index (χ3n) is 2.35. The zero-order valence-corrected chi connectivity index (χ0v) is 10.2. The maximum absolute atomic E-state index is 5.94. The molecular weight excluding hydrogens is 236 g/mol. The smallest absolute Gasteiger partial charge is 0.133 e. The zero-order valence-electron chi connectivity index (χ0n) is 9.48. The predicted molar refractivity (Wildman–Crippen MR) is 68.4 cm³/mol. The van der Waals surface area contributed by atoms with Crippen molar-refractivity contribution < 1.29 is 4.74 Å². The van der Waals surface area contributed by atoms with E-state index >= 15 is 0 Å². The van der Waals surface area contributed by atoms with Crippen LogP contribution in [0.25, 0.3) is 0 Å². The number of hydrogen-bond donors (Lipinski definition) is 1. The van der Waals surface area contributed by atoms with E-state index < -0.39 is 0 Å². The number of rotatable bonds is 3. The molecule has 0 aliphatic rings. The molecule has 3 nitrogen and oxygen atoms in total. The summed E-state index contributed by atoms with van der Waals surface area (Å²) in [5.41, 5.74) is 7.47. The third-order valence-corrected chi connectivity index (χ3v) is 2.58. The molecule has 0 aliphatic carbocycles. The summed E-state index contributed by atoms with van der Waals surface area (Å²) in [4.78, 5) is 4.11. The van der Waals surface area contributed by atoms with Crippen LogP contribution >= 0.6 is 11.6 Å². The quantitative estimate of drug-likeness (QED) is 0.907. The highest BCUT2D eigenvalue weighted by Gasteiger charge is 2.05. The first-order valence-electron chi connectivity index (χ1n) is 5.28. The molecule has 1 aromatic carbocycles. The maximum Gasteiger partial charge on any atom is 0.133 e. The van der Waals surface area contributed by atoms with Crippen molar-refractivity contribution in [2.24, 2.45) is 5.73 Å². The van der Waals surface area contributed by atoms with E-state index in [0.29, 0.717) is 17.3 Å². The second-order valence-electron chi connectivity index (χ2n) is 3.69. The fraction of sp³-hybridized carbons (Fsp3) is 0.154. The van der Waals surface area contributed by atoms with Crippen LogP contribution in [-0.2, 0) is 6.54 Å². The Morgan fingerprint density at radius 2 is 2.12 bits per heavy atom. The van der Waals surface area contributed by atoms with Crippen LogP contribution in [0.5, 0.6) is 11.5 Å². The van der Waals surface area contributed by atoms with Gasteiger partial charge in [-0.1, -0.05) is 17.7 Å². The number of benzene rings is 1. The summed E-state index contributed by atoms with van der Waals surface area (Å²) in [5.74, 6) is 1.42. The van der Waals surface area contributed by atoms with Crippen LogP contribution in [0.3, 0.4) is 0 Å². The molecule has 0 atom stereocenters. The molecule has 1 heterocycles. The number of pyridine rings is 1. The van der Waals surface area contributed by atoms with Crippen molar-refractivity contribution in [3.8, 4) is 11.5 Å². The van der Waals surface area contributed by atoms with Crippen molar-refractivity contribution in [1.82, 2.24) is 4.98 Å². The van der Waals surface area contributed by atoms with Crippen molar-refractivity contribution in [3.05, 3.63) is 52.8 Å². The first-order valence-corrected chi connectivity index (χ1v) is 5.66. The van der Waals surface area contributed by atoms with E-state index in [9.17, 15) is 0 Å². The van der Waals surface area contributed by atoms with Crippen molar-refractivity contribution in [3.63, 3.8) is 0 Å². The van der Waals surface area contributed by atoms with Gasteiger partial charge in [0.2, 0.25) is 0 Å². The third kappa shape index (κ3) is 2.96. The minimum atomic E-state index is 0.413. The summed E-state index contributed by atoms with van der Waals surface area (Å²) in [6.07, 6.45) is 1.71. The molecule has 0 radical (unpaired) electrons. The number of hydrogen-bond acceptors (Lipinski definition) is 3. The normalized spacial score (nSPS) is 10.3. The van der Waals surface area contributed by atoms with E-state index in [1.54, 1.807) is 24.4 Å². The number of halogens is 1. The Balaban J connectivity index is 2.32. The zero-order chi connectivity index (χ0) is 12.3. The highest BCUT2D eigenvalue weighted by atomic mass is 35.5. The van der Waals surface area contributed by atoms with Gasteiger partial charge in [0.05, 0.1) is 0 Å². The standard InChI is InChI=1S/C13H13ClN2O/c1-9-6-12(4-5-16-9)17-13-7-11(14)3-2-10(13)8-15/h2-7H,8,15H2,1H3. The largest absolute Gasteiger partial charge is 0.457 e. The van der Waals surface area contributed by atoms with Crippen molar-refractivity contribution in [2.75, 3.05) is 0 Å². The molecule has 88 valence electrons. The Kier molecular flexibility index (Phi) is 3.61. The lowest BCUT2D eigenvalue weighted by Gasteiger charge is -2.10. The molecule has 2 rings (SSSR count). The monoisotopic (exact) mass is 248 g/mol. The molecule has 0 fully saturated rings. The van der Waals surface area contributed by atoms with Crippen LogP contribution in [0.4, 0.5) is 0 Å². The predicted octanol–water partition coefficient (Wildman–Crippen LogP) is 3.29. The molecule has 4 heteroatoms. The topological polar surface area (TPSA) is 48.1 Å². The van der Waals surface area contributed by atoms with E-state index in [1.165, 1.54) is 0 Å². The molecule has 0 bridgehead atoms. The van der Waals surface area contributed by atoms with Crippen LogP contribution < -0.4 is 10.5 Å². The molecule has 0 amide bonds. The highest BCUT2D eigenvalue weighted by Crippen LogP contribution is 2.28. The minimum Gasteiger partial charge on any atom is -0.457 e. The summed E-state index contributed by atoms with van der Waals surface area (Å²) in [5, 5.41) is 0.628. The lowest BCUT2D eigenvalue weighted by Crippen LogP contribution is -1.99. The summed E-state index contributed by atoms with van der Waals surface area (Å²) in [6.45, 7) is 2.32. The molecular formula is C13H13ClN2O. The van der Waals surface area contributed by atoms with Gasteiger partial charge in [-0.3, -0.25) is 4.98 Å². The van der Waals surface area contributed by atoms with Gasteiger partial charge in [-0.05, 0) is 25.1 Å². The first kappa shape index (κ1) is 11.9. The Bertz CT molecular complexity index is 529. The number of ether oxygens (including phenoxy) is 1. The number of aryl methyl sites for hydroxylation is 1. The molecule has 0 spiro atoms. The lowest BCUT2D eigenvalue weighted by molar-refractivity contribution is 0.475. The number of nitrogens with two attached hydrogens (primary N) is 1. The second kappa shape index (κ2) is 5.17. The van der Waals surface area contributed by atoms with Crippen LogP contribution in [-0.4, -0.2) is 4.98 Å². The summed E-state index contributed by atoms with van der Waals surface area (Å²) in [7, 11) is 0. The van der Waals surface area contributed by atoms with Crippen LogP contribution in [0.15, 0.2) is 36.5 Å². The van der Waals surface area contributed by atoms with Gasteiger partial charge in [-0.2, -0.15) is 0 Å². The first-order chi connectivity index (χ1) is 8.19. The van der Waals surface area contributed by atoms with E-state index in [1.807, 2.05) is 19.1 Å². The fourth-order valence-electron chi connectivity index (χ4n) is 1.50. The van der Waals surface area contributed by atoms with Gasteiger partial charge < -0.3 is 10.5 Å². The van der Waals surface area contributed by atoms with Gasteiger partial charge >= 0.3 is 0 Å². The molecule has 0 unspecified atom stereocenters. The van der Waals surface area contributed by atoms with E-state index in [2.05, 4.69) is 4.98 Å². The Morgan fingerprint density at radius 1 is 1.29 bits per heavy atom. The highest BCUT2D eigenvalue weighted by molar-refractivity contribution is 6.30. The average Bonchev–Trinajstić information content (AvgIpc) is 2.29. The van der Waals surface area contributed by atoms with Gasteiger partial charge in [0, 0.05) is 35.1 Å². The van der Waals surface area contributed by atoms with E-state index in [0.717, 1.165) is 17.0 Å². The summed E-state index contributed by atoms with van der Waals surface area (Å²) >= 11 is 5.94. The Labute approximate surface area is 105 Å². The fourth-order valence-corrected chi connectivity index (χ4v) is 1.66. The SMILES string of the molecule is Cc1cc(Oc2cc(Cl)ccc2CN)ccn1. The second-order valence-corrected chi connectivity index (χ2v) is 4.13. The Morgan fingerprint density at radius 3 is 2.82 bits per heavy atom. The summed E-state index contributed by atoms with van der Waals surface area (Å²) < 4.78 is 5.76. The van der Waals surface area contributed by atoms with Crippen molar-refractivity contribution in [1.29, 1.82) is 0 Å². The lowest BCUT2D eigenvalue weighted by atomic mass is 10.2. The minimum absolute atomic E-state index is 0.413. The average molecular weight is 249 g/mol. The van der Waals surface area contributed by atoms with E-state index in [-0.39, 0.29) is 0 Å². The van der Waals surface area contributed by atoms with Crippen LogP contribution in [0.2, 0.25) is 5.02 Å². The van der Waals surface area contributed by atoms with Crippen LogP contribution in [0.1, 0.15) is 11.3 Å². The summed E-state index contributed by atoms with van der Waals surface area (Å²) in [6, 6.07) is 9.09. The Hall–Kier alpha value is -1.58. The number of nitrogens with zero attached hydrogens (tertiary/aromatic N) is 1. The van der Waals surface area contributed by atoms with Crippen molar-refractivity contribution >= 4 is 11.6 Å². The molecule has 0 aliphatic heterocycles. The molecule has 0 saturated carbocycles. The maximum atomic E-state index is 5.94. The van der Waals surface area contributed by atoms with Crippen molar-refractivity contribution in [2.45, 2.75) is 13.5 Å². The number of aromatic nitrogens is 1. The van der Waals surface area contributed by atoms with Gasteiger partial charge in [-0.15, -0.1) is 0 Å².